The van der Waals surface area contributed by atoms with Crippen LogP contribution in [0.25, 0.3) is 5.69 Å². The van der Waals surface area contributed by atoms with Crippen LogP contribution in [0.5, 0.6) is 0 Å². The highest BCUT2D eigenvalue weighted by atomic mass is 79.9. The molecule has 2 rings (SSSR count). The molecule has 4 nitrogen and oxygen atoms in total. The van der Waals surface area contributed by atoms with Crippen LogP contribution < -0.4 is 5.73 Å². The monoisotopic (exact) mass is 304 g/mol. The number of nitrogen functional groups attached to an aromatic ring is 1. The van der Waals surface area contributed by atoms with Crippen LogP contribution in [0.2, 0.25) is 5.02 Å². The van der Waals surface area contributed by atoms with Crippen molar-refractivity contribution in [2.75, 3.05) is 5.73 Å². The zero-order valence-electron chi connectivity index (χ0n) is 7.37. The minimum Gasteiger partial charge on any atom is -0.368 e. The predicted molar refractivity (Wildman–Crippen MR) is 65.9 cm³/mol. The maximum absolute atomic E-state index is 5.84. The lowest BCUT2D eigenvalue weighted by Gasteiger charge is -2.06. The maximum Gasteiger partial charge on any atom is 0.225 e. The number of H-pyrrole nitrogens is 1. The number of benzene rings is 1. The Kier molecular flexibility index (Phi) is 2.81. The molecular formula is C8H6BrClN4S. The van der Waals surface area contributed by atoms with Crippen molar-refractivity contribution >= 4 is 45.7 Å². The quantitative estimate of drug-likeness (QED) is 0.796. The molecule has 1 heterocycles. The molecule has 0 aliphatic rings. The SMILES string of the molecule is Nc1n[nH]c(=S)n1-c1ccc(Cl)cc1Br. The summed E-state index contributed by atoms with van der Waals surface area (Å²) < 4.78 is 2.87. The zero-order chi connectivity index (χ0) is 11.0. The summed E-state index contributed by atoms with van der Waals surface area (Å²) in [4.78, 5) is 0. The number of halogens is 2. The molecule has 0 radical (unpaired) electrons. The summed E-state index contributed by atoms with van der Waals surface area (Å²) in [6, 6.07) is 5.34. The molecule has 0 aliphatic heterocycles. The number of rotatable bonds is 1. The smallest absolute Gasteiger partial charge is 0.225 e. The Bertz CT molecular complexity index is 562. The number of anilines is 1. The summed E-state index contributed by atoms with van der Waals surface area (Å²) >= 11 is 14.3. The lowest BCUT2D eigenvalue weighted by atomic mass is 10.3. The van der Waals surface area contributed by atoms with Gasteiger partial charge in [-0.25, -0.2) is 5.10 Å². The van der Waals surface area contributed by atoms with Gasteiger partial charge in [0, 0.05) is 9.50 Å². The van der Waals surface area contributed by atoms with Crippen LogP contribution in [0, 0.1) is 4.77 Å². The van der Waals surface area contributed by atoms with Crippen molar-refractivity contribution in [1.82, 2.24) is 14.8 Å². The van der Waals surface area contributed by atoms with Crippen LogP contribution in [0.1, 0.15) is 0 Å². The van der Waals surface area contributed by atoms with Gasteiger partial charge in [0.2, 0.25) is 10.7 Å². The molecule has 1 aromatic carbocycles. The van der Waals surface area contributed by atoms with E-state index >= 15 is 0 Å². The third-order valence-electron chi connectivity index (χ3n) is 1.85. The van der Waals surface area contributed by atoms with Gasteiger partial charge in [-0.1, -0.05) is 11.6 Å². The number of aromatic amines is 1. The van der Waals surface area contributed by atoms with E-state index in [0.29, 0.717) is 15.7 Å². The van der Waals surface area contributed by atoms with E-state index in [-0.39, 0.29) is 0 Å². The zero-order valence-corrected chi connectivity index (χ0v) is 10.5. The van der Waals surface area contributed by atoms with E-state index in [4.69, 9.17) is 29.6 Å². The lowest BCUT2D eigenvalue weighted by Crippen LogP contribution is -2.01. The van der Waals surface area contributed by atoms with Crippen molar-refractivity contribution in [1.29, 1.82) is 0 Å². The van der Waals surface area contributed by atoms with E-state index in [0.717, 1.165) is 10.2 Å². The molecule has 2 aromatic rings. The maximum atomic E-state index is 5.84. The van der Waals surface area contributed by atoms with Crippen molar-refractivity contribution < 1.29 is 0 Å². The Balaban J connectivity index is 2.69. The summed E-state index contributed by atoms with van der Waals surface area (Å²) in [5, 5.41) is 7.08. The number of hydrogen-bond donors (Lipinski definition) is 2. The number of nitrogens with one attached hydrogen (secondary N) is 1. The predicted octanol–water partition coefficient (Wildman–Crippen LogP) is 2.93. The van der Waals surface area contributed by atoms with Crippen molar-refractivity contribution in [3.05, 3.63) is 32.5 Å². The van der Waals surface area contributed by atoms with Gasteiger partial charge in [0.05, 0.1) is 5.69 Å². The van der Waals surface area contributed by atoms with Gasteiger partial charge < -0.3 is 5.73 Å². The average Bonchev–Trinajstić information content (AvgIpc) is 2.48. The molecule has 78 valence electrons. The minimum absolute atomic E-state index is 0.308. The summed E-state index contributed by atoms with van der Waals surface area (Å²) in [5.74, 6) is 0.308. The molecule has 0 saturated carbocycles. The van der Waals surface area contributed by atoms with Crippen molar-refractivity contribution in [3.63, 3.8) is 0 Å². The molecule has 15 heavy (non-hydrogen) atoms. The summed E-state index contributed by atoms with van der Waals surface area (Å²) in [5.41, 5.74) is 6.48. The van der Waals surface area contributed by atoms with Gasteiger partial charge in [0.25, 0.3) is 0 Å². The normalized spacial score (nSPS) is 10.5. The number of hydrogen-bond acceptors (Lipinski definition) is 3. The van der Waals surface area contributed by atoms with Crippen LogP contribution in [-0.2, 0) is 0 Å². The highest BCUT2D eigenvalue weighted by molar-refractivity contribution is 9.10. The molecule has 0 spiro atoms. The first-order valence-electron chi connectivity index (χ1n) is 3.98. The van der Waals surface area contributed by atoms with Gasteiger partial charge in [-0.2, -0.15) is 0 Å². The van der Waals surface area contributed by atoms with Gasteiger partial charge in [0.15, 0.2) is 0 Å². The summed E-state index contributed by atoms with van der Waals surface area (Å²) in [7, 11) is 0. The number of aromatic nitrogens is 3. The molecule has 0 aliphatic carbocycles. The van der Waals surface area contributed by atoms with Crippen molar-refractivity contribution in [2.24, 2.45) is 0 Å². The van der Waals surface area contributed by atoms with E-state index in [2.05, 4.69) is 26.1 Å². The lowest BCUT2D eigenvalue weighted by molar-refractivity contribution is 1.03. The van der Waals surface area contributed by atoms with Crippen LogP contribution in [-0.4, -0.2) is 14.8 Å². The van der Waals surface area contributed by atoms with Crippen molar-refractivity contribution in [3.8, 4) is 5.69 Å². The van der Waals surface area contributed by atoms with Gasteiger partial charge in [-0.3, -0.25) is 4.57 Å². The topological polar surface area (TPSA) is 59.6 Å². The minimum atomic E-state index is 0.308. The Labute approximate surface area is 104 Å². The molecule has 3 N–H and O–H groups in total. The molecular weight excluding hydrogens is 300 g/mol. The number of nitrogens with zero attached hydrogens (tertiary/aromatic N) is 2. The molecule has 0 atom stereocenters. The third-order valence-corrected chi connectivity index (χ3v) is 2.99. The fourth-order valence-corrected chi connectivity index (χ4v) is 2.30. The molecule has 0 saturated heterocycles. The van der Waals surface area contributed by atoms with Crippen molar-refractivity contribution in [2.45, 2.75) is 0 Å². The first kappa shape index (κ1) is 10.7. The van der Waals surface area contributed by atoms with E-state index in [1.165, 1.54) is 0 Å². The van der Waals surface area contributed by atoms with Gasteiger partial charge >= 0.3 is 0 Å². The van der Waals surface area contributed by atoms with Gasteiger partial charge in [0.1, 0.15) is 0 Å². The first-order valence-corrected chi connectivity index (χ1v) is 5.56. The Morgan fingerprint density at radius 3 is 2.80 bits per heavy atom. The Morgan fingerprint density at radius 1 is 1.53 bits per heavy atom. The molecule has 7 heteroatoms. The molecule has 0 amide bonds. The standard InChI is InChI=1S/C8H6BrClN4S/c9-5-3-4(10)1-2-6(5)14-7(11)12-13-8(14)15/h1-3H,(H2,11,12)(H,13,15). The van der Waals surface area contributed by atoms with Gasteiger partial charge in [-0.05, 0) is 46.3 Å². The molecule has 0 fully saturated rings. The van der Waals surface area contributed by atoms with E-state index in [9.17, 15) is 0 Å². The fourth-order valence-electron chi connectivity index (χ4n) is 1.20. The van der Waals surface area contributed by atoms with Crippen LogP contribution >= 0.6 is 39.7 Å². The molecule has 0 bridgehead atoms. The Hall–Kier alpha value is -0.850. The van der Waals surface area contributed by atoms with E-state index < -0.39 is 0 Å². The summed E-state index contributed by atoms with van der Waals surface area (Å²) in [6.45, 7) is 0. The van der Waals surface area contributed by atoms with Crippen LogP contribution in [0.15, 0.2) is 22.7 Å². The highest BCUT2D eigenvalue weighted by Crippen LogP contribution is 2.26. The molecule has 0 unspecified atom stereocenters. The highest BCUT2D eigenvalue weighted by Gasteiger charge is 2.08. The molecule has 1 aromatic heterocycles. The van der Waals surface area contributed by atoms with Gasteiger partial charge in [-0.15, -0.1) is 5.10 Å². The van der Waals surface area contributed by atoms with E-state index in [1.54, 1.807) is 16.7 Å². The van der Waals surface area contributed by atoms with Crippen LogP contribution in [0.4, 0.5) is 5.95 Å². The van der Waals surface area contributed by atoms with Crippen LogP contribution in [0.3, 0.4) is 0 Å². The largest absolute Gasteiger partial charge is 0.368 e. The average molecular weight is 306 g/mol. The Morgan fingerprint density at radius 2 is 2.27 bits per heavy atom. The summed E-state index contributed by atoms with van der Waals surface area (Å²) in [6.07, 6.45) is 0. The third kappa shape index (κ3) is 1.92. The first-order chi connectivity index (χ1) is 7.09. The second-order valence-corrected chi connectivity index (χ2v) is 4.50. The number of nitrogens with two attached hydrogens (primary N) is 1. The second kappa shape index (κ2) is 3.96. The fraction of sp³-hybridized carbons (Fsp3) is 0. The van der Waals surface area contributed by atoms with E-state index in [1.807, 2.05) is 6.07 Å². The second-order valence-electron chi connectivity index (χ2n) is 2.82.